The average Bonchev–Trinajstić information content (AvgIpc) is 3.01. The van der Waals surface area contributed by atoms with Crippen molar-refractivity contribution in [3.05, 3.63) is 65.5 Å². The number of ether oxygens (including phenoxy) is 2. The molecule has 1 heterocycles. The molecule has 136 valence electrons. The molecule has 0 bridgehead atoms. The number of aryl methyl sites for hydroxylation is 1. The van der Waals surface area contributed by atoms with Gasteiger partial charge >= 0.3 is 0 Å². The Balaban J connectivity index is 1.50. The van der Waals surface area contributed by atoms with Crippen LogP contribution in [0.5, 0.6) is 11.5 Å². The van der Waals surface area contributed by atoms with Crippen LogP contribution in [0.4, 0.5) is 0 Å². The summed E-state index contributed by atoms with van der Waals surface area (Å²) in [7, 11) is 1.65. The summed E-state index contributed by atoms with van der Waals surface area (Å²) >= 11 is 1.53. The van der Waals surface area contributed by atoms with Crippen LogP contribution in [0, 0.1) is 6.92 Å². The first-order valence-electron chi connectivity index (χ1n) is 8.30. The largest absolute Gasteiger partial charge is 0.497 e. The number of nitrogens with zero attached hydrogens (tertiary/aromatic N) is 3. The van der Waals surface area contributed by atoms with Gasteiger partial charge < -0.3 is 15.3 Å². The van der Waals surface area contributed by atoms with Crippen LogP contribution >= 0.6 is 11.8 Å². The van der Waals surface area contributed by atoms with Gasteiger partial charge in [0.2, 0.25) is 5.16 Å². The first-order valence-corrected chi connectivity index (χ1v) is 9.29. The molecule has 0 radical (unpaired) electrons. The summed E-state index contributed by atoms with van der Waals surface area (Å²) < 4.78 is 12.4. The standard InChI is InChI=1S/C19H22N4O2S/c1-14-3-7-17(8-4-14)25-11-12-26-19-22-21-18(23(19)20)13-15-5-9-16(24-2)10-6-15/h3-10H,11-13,20H2,1-2H3. The molecule has 0 aliphatic rings. The lowest BCUT2D eigenvalue weighted by Gasteiger charge is -2.07. The van der Waals surface area contributed by atoms with Crippen LogP contribution in [0.1, 0.15) is 17.0 Å². The van der Waals surface area contributed by atoms with E-state index in [1.165, 1.54) is 17.3 Å². The number of hydrogen-bond acceptors (Lipinski definition) is 6. The highest BCUT2D eigenvalue weighted by Crippen LogP contribution is 2.18. The molecule has 0 amide bonds. The zero-order chi connectivity index (χ0) is 18.4. The quantitative estimate of drug-likeness (QED) is 0.373. The van der Waals surface area contributed by atoms with Crippen LogP contribution < -0.4 is 15.3 Å². The van der Waals surface area contributed by atoms with E-state index in [1.807, 2.05) is 48.5 Å². The van der Waals surface area contributed by atoms with Crippen LogP contribution in [0.3, 0.4) is 0 Å². The van der Waals surface area contributed by atoms with Crippen molar-refractivity contribution in [2.24, 2.45) is 0 Å². The Kier molecular flexibility index (Phi) is 6.01. The van der Waals surface area contributed by atoms with Gasteiger partial charge in [0.1, 0.15) is 11.5 Å². The fourth-order valence-electron chi connectivity index (χ4n) is 2.38. The Bertz CT molecular complexity index is 832. The summed E-state index contributed by atoms with van der Waals surface area (Å²) in [5.74, 6) is 9.28. The van der Waals surface area contributed by atoms with E-state index in [-0.39, 0.29) is 0 Å². The molecule has 3 rings (SSSR count). The van der Waals surface area contributed by atoms with Crippen molar-refractivity contribution in [3.63, 3.8) is 0 Å². The van der Waals surface area contributed by atoms with E-state index in [9.17, 15) is 0 Å². The third-order valence-corrected chi connectivity index (χ3v) is 4.77. The van der Waals surface area contributed by atoms with Crippen LogP contribution in [0.15, 0.2) is 53.7 Å². The van der Waals surface area contributed by atoms with Crippen molar-refractivity contribution in [1.29, 1.82) is 0 Å². The molecule has 0 atom stereocenters. The van der Waals surface area contributed by atoms with Gasteiger partial charge in [-0.25, -0.2) is 4.68 Å². The Morgan fingerprint density at radius 1 is 1.00 bits per heavy atom. The summed E-state index contributed by atoms with van der Waals surface area (Å²) in [6, 6.07) is 15.8. The maximum atomic E-state index is 6.12. The Morgan fingerprint density at radius 2 is 1.69 bits per heavy atom. The second-order valence-electron chi connectivity index (χ2n) is 5.80. The normalized spacial score (nSPS) is 10.7. The van der Waals surface area contributed by atoms with E-state index in [1.54, 1.807) is 11.8 Å². The lowest BCUT2D eigenvalue weighted by molar-refractivity contribution is 0.344. The number of hydrogen-bond donors (Lipinski definition) is 1. The van der Waals surface area contributed by atoms with Gasteiger partial charge in [-0.15, -0.1) is 10.2 Å². The highest BCUT2D eigenvalue weighted by atomic mass is 32.2. The Morgan fingerprint density at radius 3 is 2.38 bits per heavy atom. The molecule has 1 aromatic heterocycles. The fraction of sp³-hybridized carbons (Fsp3) is 0.263. The molecule has 0 aliphatic heterocycles. The van der Waals surface area contributed by atoms with Gasteiger partial charge in [-0.1, -0.05) is 41.6 Å². The van der Waals surface area contributed by atoms with Gasteiger partial charge in [-0.05, 0) is 36.8 Å². The van der Waals surface area contributed by atoms with Crippen LogP contribution in [0.25, 0.3) is 0 Å². The van der Waals surface area contributed by atoms with Gasteiger partial charge in [0, 0.05) is 12.2 Å². The first kappa shape index (κ1) is 18.1. The topological polar surface area (TPSA) is 75.2 Å². The number of nitrogen functional groups attached to an aromatic ring is 1. The van der Waals surface area contributed by atoms with Gasteiger partial charge in [0.25, 0.3) is 0 Å². The number of nitrogens with two attached hydrogens (primary N) is 1. The van der Waals surface area contributed by atoms with E-state index in [0.717, 1.165) is 28.6 Å². The second kappa shape index (κ2) is 8.62. The molecule has 2 aromatic carbocycles. The minimum atomic E-state index is 0.578. The predicted molar refractivity (Wildman–Crippen MR) is 103 cm³/mol. The molecule has 0 spiro atoms. The molecule has 2 N–H and O–H groups in total. The third kappa shape index (κ3) is 4.70. The molecule has 7 heteroatoms. The average molecular weight is 370 g/mol. The number of rotatable bonds is 8. The number of thioether (sulfide) groups is 1. The highest BCUT2D eigenvalue weighted by molar-refractivity contribution is 7.99. The van der Waals surface area contributed by atoms with E-state index in [0.29, 0.717) is 18.2 Å². The maximum Gasteiger partial charge on any atom is 0.209 e. The van der Waals surface area contributed by atoms with Crippen molar-refractivity contribution in [1.82, 2.24) is 14.9 Å². The molecule has 6 nitrogen and oxygen atoms in total. The van der Waals surface area contributed by atoms with Crippen LogP contribution in [-0.2, 0) is 6.42 Å². The summed E-state index contributed by atoms with van der Waals surface area (Å²) in [4.78, 5) is 0. The molecule has 0 aliphatic carbocycles. The maximum absolute atomic E-state index is 6.12. The molecular formula is C19H22N4O2S. The lowest BCUT2D eigenvalue weighted by atomic mass is 10.1. The lowest BCUT2D eigenvalue weighted by Crippen LogP contribution is -2.15. The summed E-state index contributed by atoms with van der Waals surface area (Å²) in [5.41, 5.74) is 2.32. The van der Waals surface area contributed by atoms with Crippen molar-refractivity contribution < 1.29 is 9.47 Å². The van der Waals surface area contributed by atoms with Gasteiger partial charge in [0.05, 0.1) is 13.7 Å². The minimum absolute atomic E-state index is 0.578. The van der Waals surface area contributed by atoms with E-state index in [4.69, 9.17) is 15.3 Å². The Labute approximate surface area is 157 Å². The zero-order valence-electron chi connectivity index (χ0n) is 14.9. The van der Waals surface area contributed by atoms with Crippen molar-refractivity contribution in [2.75, 3.05) is 25.3 Å². The van der Waals surface area contributed by atoms with Crippen LogP contribution in [0.2, 0.25) is 0 Å². The minimum Gasteiger partial charge on any atom is -0.497 e. The van der Waals surface area contributed by atoms with Crippen LogP contribution in [-0.4, -0.2) is 34.3 Å². The molecule has 3 aromatic rings. The summed E-state index contributed by atoms with van der Waals surface area (Å²) in [5, 5.41) is 9.05. The highest BCUT2D eigenvalue weighted by Gasteiger charge is 2.11. The monoisotopic (exact) mass is 370 g/mol. The molecule has 0 saturated heterocycles. The predicted octanol–water partition coefficient (Wildman–Crippen LogP) is 3.07. The van der Waals surface area contributed by atoms with Crippen molar-refractivity contribution >= 4 is 11.8 Å². The smallest absolute Gasteiger partial charge is 0.209 e. The van der Waals surface area contributed by atoms with Crippen molar-refractivity contribution in [3.8, 4) is 11.5 Å². The summed E-state index contributed by atoms with van der Waals surface area (Å²) in [6.45, 7) is 2.63. The van der Waals surface area contributed by atoms with Gasteiger partial charge in [-0.2, -0.15) is 0 Å². The van der Waals surface area contributed by atoms with Gasteiger partial charge in [-0.3, -0.25) is 0 Å². The molecule has 0 saturated carbocycles. The fourth-order valence-corrected chi connectivity index (χ4v) is 3.07. The number of benzene rings is 2. The van der Waals surface area contributed by atoms with Crippen molar-refractivity contribution in [2.45, 2.75) is 18.5 Å². The van der Waals surface area contributed by atoms with E-state index >= 15 is 0 Å². The zero-order valence-corrected chi connectivity index (χ0v) is 15.7. The second-order valence-corrected chi connectivity index (χ2v) is 6.87. The molecule has 26 heavy (non-hydrogen) atoms. The number of methoxy groups -OCH3 is 1. The third-order valence-electron chi connectivity index (χ3n) is 3.86. The first-order chi connectivity index (χ1) is 12.7. The van der Waals surface area contributed by atoms with Gasteiger partial charge in [0.15, 0.2) is 5.82 Å². The molecular weight excluding hydrogens is 348 g/mol. The SMILES string of the molecule is COc1ccc(Cc2nnc(SCCOc3ccc(C)cc3)n2N)cc1. The summed E-state index contributed by atoms with van der Waals surface area (Å²) in [6.07, 6.45) is 0.619. The Hall–Kier alpha value is -2.67. The molecule has 0 fully saturated rings. The molecule has 0 unspecified atom stereocenters. The van der Waals surface area contributed by atoms with E-state index in [2.05, 4.69) is 17.1 Å². The van der Waals surface area contributed by atoms with E-state index < -0.39 is 0 Å². The number of aromatic nitrogens is 3.